The molecule has 1 aromatic heterocycles. The third kappa shape index (κ3) is 3.53. The normalized spacial score (nSPS) is 9.95. The van der Waals surface area contributed by atoms with Crippen LogP contribution in [-0.2, 0) is 6.54 Å². The van der Waals surface area contributed by atoms with Crippen molar-refractivity contribution >= 4 is 17.3 Å². The van der Waals surface area contributed by atoms with Gasteiger partial charge in [0, 0.05) is 37.6 Å². The first kappa shape index (κ1) is 14.4. The number of hydrogen-bond acceptors (Lipinski definition) is 5. The molecule has 7 nitrogen and oxygen atoms in total. The highest BCUT2D eigenvalue weighted by atomic mass is 16.6. The Morgan fingerprint density at radius 2 is 2.00 bits per heavy atom. The molecule has 0 saturated carbocycles. The number of carbonyl (C=O) groups excluding carboxylic acids is 1. The number of anilines is 1. The van der Waals surface area contributed by atoms with Crippen LogP contribution in [-0.4, -0.2) is 22.9 Å². The summed E-state index contributed by atoms with van der Waals surface area (Å²) >= 11 is 0. The summed E-state index contributed by atoms with van der Waals surface area (Å²) in [4.78, 5) is 26.3. The highest BCUT2D eigenvalue weighted by molar-refractivity contribution is 5.95. The average Bonchev–Trinajstić information content (AvgIpc) is 2.52. The summed E-state index contributed by atoms with van der Waals surface area (Å²) in [6.07, 6.45) is 3.27. The Kier molecular flexibility index (Phi) is 4.45. The molecule has 0 bridgehead atoms. The first-order valence-electron chi connectivity index (χ1n) is 6.25. The van der Waals surface area contributed by atoms with Crippen LogP contribution in [0.3, 0.4) is 0 Å². The van der Waals surface area contributed by atoms with Crippen LogP contribution >= 0.6 is 0 Å². The van der Waals surface area contributed by atoms with Crippen molar-refractivity contribution in [1.29, 1.82) is 0 Å². The summed E-state index contributed by atoms with van der Waals surface area (Å²) in [5.41, 5.74) is 1.38. The van der Waals surface area contributed by atoms with Crippen molar-refractivity contribution in [2.24, 2.45) is 0 Å². The van der Waals surface area contributed by atoms with Gasteiger partial charge in [-0.3, -0.25) is 19.9 Å². The molecule has 7 heteroatoms. The van der Waals surface area contributed by atoms with Gasteiger partial charge >= 0.3 is 0 Å². The van der Waals surface area contributed by atoms with E-state index in [9.17, 15) is 14.9 Å². The Labute approximate surface area is 121 Å². The van der Waals surface area contributed by atoms with Crippen LogP contribution < -0.4 is 10.6 Å². The maximum Gasteiger partial charge on any atom is 0.293 e. The standard InChI is InChI=1S/C14H14N4O3/c1-15-12-3-2-11(8-13(12)18(20)21)14(19)17-9-10-4-6-16-7-5-10/h2-8,15H,9H2,1H3,(H,17,19). The van der Waals surface area contributed by atoms with Crippen molar-refractivity contribution in [3.8, 4) is 0 Å². The summed E-state index contributed by atoms with van der Waals surface area (Å²) in [6.45, 7) is 0.336. The van der Waals surface area contributed by atoms with Crippen LogP contribution in [0.1, 0.15) is 15.9 Å². The van der Waals surface area contributed by atoms with Gasteiger partial charge in [0.1, 0.15) is 5.69 Å². The van der Waals surface area contributed by atoms with Crippen LogP contribution in [0.25, 0.3) is 0 Å². The lowest BCUT2D eigenvalue weighted by atomic mass is 10.1. The summed E-state index contributed by atoms with van der Waals surface area (Å²) < 4.78 is 0. The lowest BCUT2D eigenvalue weighted by Gasteiger charge is -2.07. The van der Waals surface area contributed by atoms with Gasteiger partial charge in [0.25, 0.3) is 11.6 Å². The van der Waals surface area contributed by atoms with Crippen molar-refractivity contribution in [1.82, 2.24) is 10.3 Å². The molecule has 2 aromatic rings. The molecule has 1 aromatic carbocycles. The van der Waals surface area contributed by atoms with Gasteiger partial charge in [0.2, 0.25) is 0 Å². The third-order valence-corrected chi connectivity index (χ3v) is 2.93. The second-order valence-electron chi connectivity index (χ2n) is 4.28. The fourth-order valence-corrected chi connectivity index (χ4v) is 1.82. The predicted molar refractivity (Wildman–Crippen MR) is 78.1 cm³/mol. The number of pyridine rings is 1. The zero-order chi connectivity index (χ0) is 15.2. The van der Waals surface area contributed by atoms with Crippen LogP contribution in [0, 0.1) is 10.1 Å². The zero-order valence-corrected chi connectivity index (χ0v) is 11.4. The molecule has 1 heterocycles. The molecule has 0 atom stereocenters. The Balaban J connectivity index is 2.12. The molecule has 0 unspecified atom stereocenters. The number of nitrogens with one attached hydrogen (secondary N) is 2. The average molecular weight is 286 g/mol. The van der Waals surface area contributed by atoms with E-state index in [0.29, 0.717) is 12.2 Å². The van der Waals surface area contributed by atoms with Crippen LogP contribution in [0.4, 0.5) is 11.4 Å². The monoisotopic (exact) mass is 286 g/mol. The van der Waals surface area contributed by atoms with Gasteiger partial charge in [-0.2, -0.15) is 0 Å². The molecular formula is C14H14N4O3. The maximum absolute atomic E-state index is 12.0. The first-order chi connectivity index (χ1) is 10.1. The molecule has 108 valence electrons. The minimum atomic E-state index is -0.522. The van der Waals surface area contributed by atoms with Gasteiger partial charge in [-0.25, -0.2) is 0 Å². The minimum absolute atomic E-state index is 0.130. The lowest BCUT2D eigenvalue weighted by Crippen LogP contribution is -2.22. The van der Waals surface area contributed by atoms with Crippen LogP contribution in [0.2, 0.25) is 0 Å². The third-order valence-electron chi connectivity index (χ3n) is 2.93. The molecule has 0 spiro atoms. The Morgan fingerprint density at radius 3 is 2.62 bits per heavy atom. The minimum Gasteiger partial charge on any atom is -0.383 e. The van der Waals surface area contributed by atoms with Gasteiger partial charge in [0.15, 0.2) is 0 Å². The highest BCUT2D eigenvalue weighted by Gasteiger charge is 2.16. The molecule has 0 fully saturated rings. The Bertz CT molecular complexity index is 659. The summed E-state index contributed by atoms with van der Waals surface area (Å²) in [6, 6.07) is 7.88. The summed E-state index contributed by atoms with van der Waals surface area (Å²) in [5.74, 6) is -0.363. The molecule has 0 aliphatic rings. The number of hydrogen-bond donors (Lipinski definition) is 2. The highest BCUT2D eigenvalue weighted by Crippen LogP contribution is 2.24. The van der Waals surface area contributed by atoms with Crippen molar-refractivity contribution in [2.75, 3.05) is 12.4 Å². The van der Waals surface area contributed by atoms with E-state index < -0.39 is 4.92 Å². The molecule has 0 radical (unpaired) electrons. The largest absolute Gasteiger partial charge is 0.383 e. The molecular weight excluding hydrogens is 272 g/mol. The van der Waals surface area contributed by atoms with Crippen LogP contribution in [0.5, 0.6) is 0 Å². The van der Waals surface area contributed by atoms with Crippen LogP contribution in [0.15, 0.2) is 42.7 Å². The number of nitro benzene ring substituents is 1. The van der Waals surface area contributed by atoms with Crippen molar-refractivity contribution in [3.05, 3.63) is 64.0 Å². The fourth-order valence-electron chi connectivity index (χ4n) is 1.82. The predicted octanol–water partition coefficient (Wildman–Crippen LogP) is 1.96. The molecule has 0 aliphatic heterocycles. The fraction of sp³-hybridized carbons (Fsp3) is 0.143. The van der Waals surface area contributed by atoms with Crippen molar-refractivity contribution in [2.45, 2.75) is 6.54 Å². The molecule has 21 heavy (non-hydrogen) atoms. The quantitative estimate of drug-likeness (QED) is 0.647. The topological polar surface area (TPSA) is 97.2 Å². The van der Waals surface area contributed by atoms with Crippen molar-refractivity contribution in [3.63, 3.8) is 0 Å². The number of benzene rings is 1. The van der Waals surface area contributed by atoms with E-state index in [1.165, 1.54) is 12.1 Å². The van der Waals surface area contributed by atoms with Gasteiger partial charge in [0.05, 0.1) is 4.92 Å². The van der Waals surface area contributed by atoms with Gasteiger partial charge in [-0.1, -0.05) is 0 Å². The zero-order valence-electron chi connectivity index (χ0n) is 11.4. The van der Waals surface area contributed by atoms with E-state index in [2.05, 4.69) is 15.6 Å². The maximum atomic E-state index is 12.0. The second-order valence-corrected chi connectivity index (χ2v) is 4.28. The first-order valence-corrected chi connectivity index (χ1v) is 6.25. The van der Waals surface area contributed by atoms with E-state index in [1.807, 2.05) is 0 Å². The number of amides is 1. The molecule has 1 amide bonds. The van der Waals surface area contributed by atoms with E-state index in [-0.39, 0.29) is 17.2 Å². The molecule has 0 aliphatic carbocycles. The van der Waals surface area contributed by atoms with E-state index in [0.717, 1.165) is 5.56 Å². The lowest BCUT2D eigenvalue weighted by molar-refractivity contribution is -0.384. The smallest absolute Gasteiger partial charge is 0.293 e. The Morgan fingerprint density at radius 1 is 1.29 bits per heavy atom. The van der Waals surface area contributed by atoms with Gasteiger partial charge < -0.3 is 10.6 Å². The van der Waals surface area contributed by atoms with Crippen molar-refractivity contribution < 1.29 is 9.72 Å². The molecule has 0 saturated heterocycles. The van der Waals surface area contributed by atoms with Gasteiger partial charge in [-0.15, -0.1) is 0 Å². The van der Waals surface area contributed by atoms with E-state index >= 15 is 0 Å². The summed E-state index contributed by atoms with van der Waals surface area (Å²) in [5, 5.41) is 16.4. The second kappa shape index (κ2) is 6.47. The number of carbonyl (C=O) groups is 1. The summed E-state index contributed by atoms with van der Waals surface area (Å²) in [7, 11) is 1.59. The number of nitrogens with zero attached hydrogens (tertiary/aromatic N) is 2. The Hall–Kier alpha value is -2.96. The van der Waals surface area contributed by atoms with E-state index in [1.54, 1.807) is 37.6 Å². The number of aromatic nitrogens is 1. The molecule has 2 N–H and O–H groups in total. The SMILES string of the molecule is CNc1ccc(C(=O)NCc2ccncc2)cc1[N+](=O)[O-]. The van der Waals surface area contributed by atoms with E-state index in [4.69, 9.17) is 0 Å². The number of nitro groups is 1. The molecule has 2 rings (SSSR count). The number of rotatable bonds is 5. The van der Waals surface area contributed by atoms with Gasteiger partial charge in [-0.05, 0) is 29.8 Å².